The number of carboxylic acid groups (broad SMARTS) is 1. The summed E-state index contributed by atoms with van der Waals surface area (Å²) in [6.45, 7) is 17.9. The fourth-order valence-corrected chi connectivity index (χ4v) is 10.4. The van der Waals surface area contributed by atoms with Gasteiger partial charge in [-0.2, -0.15) is 0 Å². The van der Waals surface area contributed by atoms with E-state index in [1.807, 2.05) is 37.7 Å². The SMILES string of the molecule is CC[C@H]1OC(=O)[C@H](C)[C@@H](O[C@H]2C[C@@](C)(OC)[C@@H](O)[C@H](C)O2)[C@H](C)[C@@H](O[C@@H]2O[C@H](C)C[C@H](N(C)C)[C@H]2O)[C@](C)(O)C[C@@H](C)CN(CCCNC(=O)Cc2cccc([N+](=O)[O-])c2)[C@H](C)[C@@H](O)[C@]1(C)O.O=CO. The van der Waals surface area contributed by atoms with Crippen LogP contribution in [0.3, 0.4) is 0 Å². The highest BCUT2D eigenvalue weighted by Crippen LogP contribution is 2.40. The lowest BCUT2D eigenvalue weighted by Gasteiger charge is -2.48. The molecule has 18 atom stereocenters. The van der Waals surface area contributed by atoms with Crippen LogP contribution in [-0.2, 0) is 49.2 Å². The Labute approximate surface area is 413 Å². The van der Waals surface area contributed by atoms with E-state index in [0.29, 0.717) is 31.5 Å². The molecule has 1 aromatic rings. The lowest BCUT2D eigenvalue weighted by atomic mass is 9.77. The fraction of sp³-hybridized carbons (Fsp3) is 0.816. The highest BCUT2D eigenvalue weighted by molar-refractivity contribution is 5.78. The van der Waals surface area contributed by atoms with Crippen molar-refractivity contribution in [2.75, 3.05) is 40.8 Å². The highest BCUT2D eigenvalue weighted by Gasteiger charge is 2.53. The van der Waals surface area contributed by atoms with Crippen molar-refractivity contribution in [2.45, 2.75) is 198 Å². The molecule has 4 rings (SSSR count). The first-order valence-electron chi connectivity index (χ1n) is 24.4. The van der Waals surface area contributed by atoms with Gasteiger partial charge in [-0.25, -0.2) is 0 Å². The number of aliphatic hydroxyl groups excluding tert-OH is 3. The molecule has 0 unspecified atom stereocenters. The van der Waals surface area contributed by atoms with Crippen LogP contribution in [0, 0.1) is 27.9 Å². The van der Waals surface area contributed by atoms with Crippen molar-refractivity contribution >= 4 is 24.0 Å². The third-order valence-electron chi connectivity index (χ3n) is 14.5. The van der Waals surface area contributed by atoms with Crippen molar-refractivity contribution in [2.24, 2.45) is 17.8 Å². The number of hydrogen-bond donors (Lipinski definition) is 7. The molecule has 1 amide bonds. The van der Waals surface area contributed by atoms with Crippen molar-refractivity contribution in [1.82, 2.24) is 15.1 Å². The van der Waals surface area contributed by atoms with E-state index >= 15 is 0 Å². The minimum absolute atomic E-state index is 0.0566. The van der Waals surface area contributed by atoms with Crippen LogP contribution in [0.1, 0.15) is 107 Å². The standard InChI is InChI=1S/C48H82N4O15.CH2O2/c1-14-36-48(10,59)41(55)31(6)51(20-16-19-49-37(53)23-33-17-15-18-34(22-33)52(60)61)26-27(2)24-46(8,58)43(67-45-39(54)35(50(11)12)21-28(3)63-45)29(4)40(30(5)44(57)65-36)66-38-25-47(9,62-13)42(56)32(7)64-38;2-1-3/h15,17-18,22,27-32,35-36,38-43,45,54-56,58-59H,14,16,19-21,23-26H2,1-13H3,(H,49,53);1H,(H,2,3)/t27-,28-,29+,30-,31-,32+,35+,36-,38+,39-,40+,41-,42+,43-,45+,46-,47-,48-;/m1./s1. The van der Waals surface area contributed by atoms with E-state index in [1.54, 1.807) is 54.5 Å². The molecular formula is C49H84N4O17. The van der Waals surface area contributed by atoms with E-state index in [0.717, 1.165) is 0 Å². The lowest BCUT2D eigenvalue weighted by Crippen LogP contribution is -2.60. The number of ether oxygens (including phenoxy) is 6. The van der Waals surface area contributed by atoms with E-state index in [-0.39, 0.29) is 68.4 Å². The average Bonchev–Trinajstić information content (AvgIpc) is 3.28. The van der Waals surface area contributed by atoms with Crippen molar-refractivity contribution in [3.63, 3.8) is 0 Å². The van der Waals surface area contributed by atoms with E-state index in [4.69, 9.17) is 38.3 Å². The first-order valence-corrected chi connectivity index (χ1v) is 24.4. The molecule has 70 heavy (non-hydrogen) atoms. The Morgan fingerprint density at radius 3 is 2.26 bits per heavy atom. The number of hydrogen-bond acceptors (Lipinski definition) is 18. The van der Waals surface area contributed by atoms with Crippen LogP contribution in [0.4, 0.5) is 5.69 Å². The molecule has 21 nitrogen and oxygen atoms in total. The van der Waals surface area contributed by atoms with Crippen LogP contribution in [0.25, 0.3) is 0 Å². The van der Waals surface area contributed by atoms with Gasteiger partial charge in [-0.1, -0.05) is 32.9 Å². The number of carbonyl (C=O) groups is 3. The molecule has 21 heteroatoms. The summed E-state index contributed by atoms with van der Waals surface area (Å²) in [5, 5.41) is 80.8. The molecule has 0 aliphatic carbocycles. The summed E-state index contributed by atoms with van der Waals surface area (Å²) < 4.78 is 37.9. The zero-order valence-electron chi connectivity index (χ0n) is 43.4. The average molecular weight is 1000 g/mol. The second-order valence-corrected chi connectivity index (χ2v) is 20.6. The summed E-state index contributed by atoms with van der Waals surface area (Å²) in [5.74, 6) is -3.32. The van der Waals surface area contributed by atoms with Gasteiger partial charge in [0.2, 0.25) is 5.91 Å². The summed E-state index contributed by atoms with van der Waals surface area (Å²) >= 11 is 0. The topological polar surface area (TPSA) is 290 Å². The molecule has 1 aromatic carbocycles. The first kappa shape index (κ1) is 60.9. The highest BCUT2D eigenvalue weighted by atomic mass is 16.7. The van der Waals surface area contributed by atoms with Gasteiger partial charge in [0.25, 0.3) is 12.2 Å². The Morgan fingerprint density at radius 1 is 1.03 bits per heavy atom. The number of nitro benzene ring substituents is 1. The number of benzene rings is 1. The normalized spacial score (nSPS) is 39.4. The van der Waals surface area contributed by atoms with Crippen molar-refractivity contribution in [1.29, 1.82) is 0 Å². The van der Waals surface area contributed by atoms with Crippen LogP contribution >= 0.6 is 0 Å². The molecule has 0 bridgehead atoms. The molecule has 3 aliphatic rings. The van der Waals surface area contributed by atoms with Gasteiger partial charge in [-0.3, -0.25) is 29.4 Å². The van der Waals surface area contributed by atoms with Crippen LogP contribution in [0.15, 0.2) is 24.3 Å². The lowest BCUT2D eigenvalue weighted by molar-refractivity contribution is -0.384. The van der Waals surface area contributed by atoms with E-state index in [2.05, 4.69) is 5.32 Å². The maximum atomic E-state index is 14.5. The maximum Gasteiger partial charge on any atom is 0.311 e. The summed E-state index contributed by atoms with van der Waals surface area (Å²) in [7, 11) is 5.21. The number of methoxy groups -OCH3 is 1. The predicted molar refractivity (Wildman–Crippen MR) is 256 cm³/mol. The second kappa shape index (κ2) is 26.5. The number of aliphatic hydroxyl groups is 5. The summed E-state index contributed by atoms with van der Waals surface area (Å²) in [6, 6.07) is 4.83. The molecular weight excluding hydrogens is 917 g/mol. The molecule has 402 valence electrons. The van der Waals surface area contributed by atoms with Crippen molar-refractivity contribution in [3.8, 4) is 0 Å². The van der Waals surface area contributed by atoms with Crippen LogP contribution in [-0.4, -0.2) is 195 Å². The number of rotatable bonds is 14. The minimum atomic E-state index is -1.96. The number of likely N-dealkylation sites (N-methyl/N-ethyl adjacent to an activating group) is 1. The Kier molecular flexibility index (Phi) is 23.0. The van der Waals surface area contributed by atoms with Crippen LogP contribution in [0.5, 0.6) is 0 Å². The van der Waals surface area contributed by atoms with Gasteiger partial charge in [0.15, 0.2) is 12.6 Å². The van der Waals surface area contributed by atoms with Gasteiger partial charge < -0.3 is 69.3 Å². The monoisotopic (exact) mass is 1000 g/mol. The third-order valence-corrected chi connectivity index (χ3v) is 14.5. The van der Waals surface area contributed by atoms with Gasteiger partial charge in [-0.05, 0) is 99.7 Å². The van der Waals surface area contributed by atoms with Crippen molar-refractivity contribution < 1.29 is 78.4 Å². The number of nitro groups is 1. The van der Waals surface area contributed by atoms with Gasteiger partial charge in [0, 0.05) is 63.3 Å². The smallest absolute Gasteiger partial charge is 0.311 e. The maximum absolute atomic E-state index is 14.5. The fourth-order valence-electron chi connectivity index (χ4n) is 10.4. The molecule has 3 fully saturated rings. The largest absolute Gasteiger partial charge is 0.483 e. The number of amides is 1. The number of carbonyl (C=O) groups excluding carboxylic acids is 2. The minimum Gasteiger partial charge on any atom is -0.483 e. The molecule has 0 spiro atoms. The van der Waals surface area contributed by atoms with E-state index in [9.17, 15) is 45.2 Å². The number of non-ortho nitro benzene ring substituents is 1. The van der Waals surface area contributed by atoms with Crippen LogP contribution < -0.4 is 5.32 Å². The second-order valence-electron chi connectivity index (χ2n) is 20.6. The predicted octanol–water partition coefficient (Wildman–Crippen LogP) is 2.63. The van der Waals surface area contributed by atoms with E-state index in [1.165, 1.54) is 32.2 Å². The number of nitrogens with zero attached hydrogens (tertiary/aromatic N) is 3. The number of nitrogens with one attached hydrogen (secondary N) is 1. The molecule has 0 saturated carbocycles. The molecule has 3 heterocycles. The van der Waals surface area contributed by atoms with Gasteiger partial charge >= 0.3 is 5.97 Å². The molecule has 0 aromatic heterocycles. The quantitative estimate of drug-likeness (QED) is 0.0464. The summed E-state index contributed by atoms with van der Waals surface area (Å²) in [4.78, 5) is 50.4. The third kappa shape index (κ3) is 15.8. The van der Waals surface area contributed by atoms with Gasteiger partial charge in [-0.15, -0.1) is 0 Å². The Balaban J connectivity index is 0.00000421. The first-order chi connectivity index (χ1) is 32.6. The molecule has 3 saturated heterocycles. The Hall–Kier alpha value is -3.45. The molecule has 7 N–H and O–H groups in total. The summed E-state index contributed by atoms with van der Waals surface area (Å²) in [6.07, 6.45) is -9.01. The van der Waals surface area contributed by atoms with Crippen LogP contribution in [0.2, 0.25) is 0 Å². The molecule has 3 aliphatic heterocycles. The zero-order chi connectivity index (χ0) is 53.1. The zero-order valence-corrected chi connectivity index (χ0v) is 43.4. The molecule has 0 radical (unpaired) electrons. The van der Waals surface area contributed by atoms with E-state index < -0.39 is 101 Å². The Morgan fingerprint density at radius 2 is 1.67 bits per heavy atom. The summed E-state index contributed by atoms with van der Waals surface area (Å²) in [5.41, 5.74) is -4.34. The van der Waals surface area contributed by atoms with Gasteiger partial charge in [0.05, 0.1) is 52.9 Å². The number of cyclic esters (lactones) is 1. The van der Waals surface area contributed by atoms with Gasteiger partial charge in [0.1, 0.15) is 30.0 Å². The van der Waals surface area contributed by atoms with Crippen molar-refractivity contribution in [3.05, 3.63) is 39.9 Å². The Bertz CT molecular complexity index is 1820. The number of esters is 1.